The summed E-state index contributed by atoms with van der Waals surface area (Å²) in [6.45, 7) is 0. The van der Waals surface area contributed by atoms with Crippen LogP contribution in [0.15, 0.2) is 6.07 Å². The van der Waals surface area contributed by atoms with Gasteiger partial charge in [0.25, 0.3) is 0 Å². The highest BCUT2D eigenvalue weighted by molar-refractivity contribution is 14.1. The molecule has 78 valence electrons. The van der Waals surface area contributed by atoms with E-state index in [1.807, 2.05) is 45.2 Å². The van der Waals surface area contributed by atoms with E-state index < -0.39 is 12.2 Å². The highest BCUT2D eigenvalue weighted by Crippen LogP contribution is 2.29. The van der Waals surface area contributed by atoms with E-state index in [1.165, 1.54) is 0 Å². The fraction of sp³-hybridized carbons (Fsp3) is 0.167. The normalized spacial score (nSPS) is 11.6. The zero-order valence-corrected chi connectivity index (χ0v) is 12.7. The number of rotatable bonds is 1. The number of aromatic nitrogens is 1. The molecule has 0 atom stereocenters. The van der Waals surface area contributed by atoms with Crippen molar-refractivity contribution in [3.8, 4) is 5.88 Å². The van der Waals surface area contributed by atoms with Crippen molar-refractivity contribution >= 4 is 67.8 Å². The first-order valence-electron chi connectivity index (χ1n) is 3.07. The third kappa shape index (κ3) is 3.83. The summed E-state index contributed by atoms with van der Waals surface area (Å²) in [7, 11) is 0. The maximum atomic E-state index is 11.9. The van der Waals surface area contributed by atoms with Crippen LogP contribution in [-0.4, -0.2) is 11.3 Å². The van der Waals surface area contributed by atoms with E-state index in [4.69, 9.17) is 0 Å². The lowest BCUT2D eigenvalue weighted by molar-refractivity contribution is -0.276. The summed E-state index contributed by atoms with van der Waals surface area (Å²) in [4.78, 5) is 3.65. The van der Waals surface area contributed by atoms with Crippen molar-refractivity contribution in [1.82, 2.24) is 4.98 Å². The van der Waals surface area contributed by atoms with Crippen molar-refractivity contribution in [2.75, 3.05) is 0 Å². The van der Waals surface area contributed by atoms with Gasteiger partial charge in [0, 0.05) is 3.57 Å². The van der Waals surface area contributed by atoms with Gasteiger partial charge in [0.1, 0.15) is 3.70 Å². The van der Waals surface area contributed by atoms with Crippen LogP contribution < -0.4 is 4.74 Å². The molecule has 0 bridgehead atoms. The monoisotopic (exact) mass is 541 g/mol. The Morgan fingerprint density at radius 1 is 1.21 bits per heavy atom. The zero-order chi connectivity index (χ0) is 10.9. The van der Waals surface area contributed by atoms with Crippen LogP contribution in [0.2, 0.25) is 0 Å². The third-order valence-electron chi connectivity index (χ3n) is 1.06. The van der Waals surface area contributed by atoms with Crippen molar-refractivity contribution in [1.29, 1.82) is 0 Å². The van der Waals surface area contributed by atoms with Gasteiger partial charge in [-0.1, -0.05) is 0 Å². The van der Waals surface area contributed by atoms with Crippen molar-refractivity contribution in [3.05, 3.63) is 16.9 Å². The van der Waals surface area contributed by atoms with E-state index in [2.05, 4.69) is 9.72 Å². The number of ether oxygens (including phenoxy) is 1. The molecule has 0 aliphatic carbocycles. The first-order chi connectivity index (χ1) is 6.29. The smallest absolute Gasteiger partial charge is 0.387 e. The second kappa shape index (κ2) is 4.84. The minimum absolute atomic E-state index is 0.362. The topological polar surface area (TPSA) is 22.1 Å². The van der Waals surface area contributed by atoms with Crippen LogP contribution in [-0.2, 0) is 0 Å². The molecule has 1 heterocycles. The van der Waals surface area contributed by atoms with Crippen LogP contribution in [0, 0.1) is 10.8 Å². The molecule has 0 aliphatic heterocycles. The number of halogens is 6. The summed E-state index contributed by atoms with van der Waals surface area (Å²) in [6, 6.07) is 1.67. The lowest BCUT2D eigenvalue weighted by Gasteiger charge is -2.10. The molecule has 1 rings (SSSR count). The second-order valence-corrected chi connectivity index (χ2v) is 5.44. The van der Waals surface area contributed by atoms with E-state index in [-0.39, 0.29) is 0 Å². The van der Waals surface area contributed by atoms with Crippen LogP contribution in [0.25, 0.3) is 0 Å². The summed E-state index contributed by atoms with van der Waals surface area (Å²) in [5.41, 5.74) is 0. The van der Waals surface area contributed by atoms with Crippen molar-refractivity contribution in [3.63, 3.8) is 0 Å². The molecule has 14 heavy (non-hydrogen) atoms. The Morgan fingerprint density at radius 3 is 2.29 bits per heavy atom. The predicted octanol–water partition coefficient (Wildman–Crippen LogP) is 3.79. The summed E-state index contributed by atoms with van der Waals surface area (Å²) in [5, 5.41) is 0. The van der Waals surface area contributed by atoms with Gasteiger partial charge in [-0.05, 0) is 73.8 Å². The van der Waals surface area contributed by atoms with E-state index >= 15 is 0 Å². The molecule has 0 radical (unpaired) electrons. The summed E-state index contributed by atoms with van der Waals surface area (Å²) in [5.74, 6) is -0.394. The van der Waals surface area contributed by atoms with Crippen LogP contribution in [0.3, 0.4) is 0 Å². The van der Waals surface area contributed by atoms with Crippen molar-refractivity contribution in [2.24, 2.45) is 0 Å². The van der Waals surface area contributed by atoms with Gasteiger partial charge in [0.05, 0.1) is 3.57 Å². The molecule has 0 unspecified atom stereocenters. The fourth-order valence-corrected chi connectivity index (χ4v) is 2.66. The molecule has 0 spiro atoms. The Kier molecular flexibility index (Phi) is 4.50. The number of pyridine rings is 1. The molecule has 1 aromatic rings. The van der Waals surface area contributed by atoms with Gasteiger partial charge in [0.2, 0.25) is 5.88 Å². The molecule has 1 aromatic heterocycles. The summed E-state index contributed by atoms with van der Waals surface area (Å²) < 4.78 is 41.0. The van der Waals surface area contributed by atoms with Gasteiger partial charge in [-0.2, -0.15) is 0 Å². The fourth-order valence-electron chi connectivity index (χ4n) is 0.626. The van der Waals surface area contributed by atoms with Gasteiger partial charge >= 0.3 is 6.36 Å². The highest BCUT2D eigenvalue weighted by atomic mass is 127. The second-order valence-electron chi connectivity index (χ2n) is 2.09. The average Bonchev–Trinajstić information content (AvgIpc) is 1.96. The zero-order valence-electron chi connectivity index (χ0n) is 6.20. The Labute approximate surface area is 118 Å². The average molecular weight is 541 g/mol. The van der Waals surface area contributed by atoms with Crippen molar-refractivity contribution in [2.45, 2.75) is 6.36 Å². The number of alkyl halides is 3. The SMILES string of the molecule is FC(F)(F)Oc1nc(I)cc(I)c1I. The molecule has 0 N–H and O–H groups in total. The van der Waals surface area contributed by atoms with Crippen LogP contribution in [0.5, 0.6) is 5.88 Å². The number of nitrogens with zero attached hydrogens (tertiary/aromatic N) is 1. The minimum Gasteiger partial charge on any atom is -0.387 e. The van der Waals surface area contributed by atoms with E-state index in [0.717, 1.165) is 0 Å². The maximum absolute atomic E-state index is 11.9. The standard InChI is InChI=1S/C6HF3I3NO/c7-6(8,9)14-5-4(12)2(10)1-3(11)13-5/h1H. The Balaban J connectivity index is 3.09. The lowest BCUT2D eigenvalue weighted by atomic mass is 10.5. The third-order valence-corrected chi connectivity index (χ3v) is 4.54. The molecular weight excluding hydrogens is 540 g/mol. The van der Waals surface area contributed by atoms with Crippen LogP contribution >= 0.6 is 67.8 Å². The summed E-state index contributed by atoms with van der Waals surface area (Å²) >= 11 is 5.52. The largest absolute Gasteiger partial charge is 0.574 e. The molecule has 2 nitrogen and oxygen atoms in total. The van der Waals surface area contributed by atoms with Gasteiger partial charge in [-0.15, -0.1) is 13.2 Å². The molecule has 8 heteroatoms. The lowest BCUT2D eigenvalue weighted by Crippen LogP contribution is -2.19. The Hall–Kier alpha value is 0.930. The van der Waals surface area contributed by atoms with Gasteiger partial charge < -0.3 is 4.74 Å². The maximum Gasteiger partial charge on any atom is 0.574 e. The number of hydrogen-bond acceptors (Lipinski definition) is 2. The minimum atomic E-state index is -4.69. The van der Waals surface area contributed by atoms with Crippen molar-refractivity contribution < 1.29 is 17.9 Å². The molecule has 0 aromatic carbocycles. The van der Waals surface area contributed by atoms with Gasteiger partial charge in [0.15, 0.2) is 0 Å². The molecule has 0 saturated carbocycles. The highest BCUT2D eigenvalue weighted by Gasteiger charge is 2.33. The first kappa shape index (κ1) is 13.0. The molecule has 0 amide bonds. The Bertz CT molecular complexity index is 355. The molecule has 0 aliphatic rings. The van der Waals surface area contributed by atoms with Gasteiger partial charge in [-0.25, -0.2) is 4.98 Å². The van der Waals surface area contributed by atoms with Crippen LogP contribution in [0.4, 0.5) is 13.2 Å². The van der Waals surface area contributed by atoms with Crippen LogP contribution in [0.1, 0.15) is 0 Å². The van der Waals surface area contributed by atoms with E-state index in [1.54, 1.807) is 28.7 Å². The van der Waals surface area contributed by atoms with E-state index in [0.29, 0.717) is 10.8 Å². The summed E-state index contributed by atoms with van der Waals surface area (Å²) in [6.07, 6.45) is -4.69. The quantitative estimate of drug-likeness (QED) is 0.400. The Morgan fingerprint density at radius 2 is 1.79 bits per heavy atom. The molecule has 0 fully saturated rings. The predicted molar refractivity (Wildman–Crippen MR) is 69.1 cm³/mol. The van der Waals surface area contributed by atoms with Gasteiger partial charge in [-0.3, -0.25) is 0 Å². The molecular formula is C6HF3I3NO. The van der Waals surface area contributed by atoms with E-state index in [9.17, 15) is 13.2 Å². The first-order valence-corrected chi connectivity index (χ1v) is 6.30. The number of hydrogen-bond donors (Lipinski definition) is 0. The molecule has 0 saturated heterocycles.